The van der Waals surface area contributed by atoms with Crippen molar-refractivity contribution in [1.29, 1.82) is 5.26 Å². The average Bonchev–Trinajstić information content (AvgIpc) is 2.86. The third-order valence-corrected chi connectivity index (χ3v) is 4.53. The SMILES string of the molecule is N#C[Se]c1c(-c2ccc(C(F)(F)F)cc2)nc2ccccn12. The summed E-state index contributed by atoms with van der Waals surface area (Å²) in [5, 5.41) is 9.01. The molecule has 0 spiro atoms. The van der Waals surface area contributed by atoms with Crippen molar-refractivity contribution in [2.45, 2.75) is 6.18 Å². The Balaban J connectivity index is 2.13. The fourth-order valence-electron chi connectivity index (χ4n) is 2.12. The summed E-state index contributed by atoms with van der Waals surface area (Å²) >= 11 is -0.473. The number of nitrogens with zero attached hydrogens (tertiary/aromatic N) is 3. The Hall–Kier alpha value is -2.29. The summed E-state index contributed by atoms with van der Waals surface area (Å²) in [6, 6.07) is 10.3. The number of fused-ring (bicyclic) bond motifs is 1. The van der Waals surface area contributed by atoms with Crippen molar-refractivity contribution in [2.24, 2.45) is 0 Å². The first-order chi connectivity index (χ1) is 10.5. The van der Waals surface area contributed by atoms with E-state index in [0.717, 1.165) is 16.7 Å². The Morgan fingerprint density at radius 3 is 2.45 bits per heavy atom. The van der Waals surface area contributed by atoms with Crippen LogP contribution in [0.4, 0.5) is 13.2 Å². The number of aromatic nitrogens is 2. The molecule has 0 N–H and O–H groups in total. The molecule has 0 radical (unpaired) electrons. The molecule has 0 aliphatic carbocycles. The van der Waals surface area contributed by atoms with Gasteiger partial charge in [0.2, 0.25) is 0 Å². The van der Waals surface area contributed by atoms with Crippen molar-refractivity contribution in [3.8, 4) is 16.2 Å². The maximum atomic E-state index is 12.6. The van der Waals surface area contributed by atoms with Crippen LogP contribution >= 0.6 is 0 Å². The predicted molar refractivity (Wildman–Crippen MR) is 76.6 cm³/mol. The zero-order chi connectivity index (χ0) is 15.7. The number of hydrogen-bond donors (Lipinski definition) is 0. The summed E-state index contributed by atoms with van der Waals surface area (Å²) < 4.78 is 40.4. The summed E-state index contributed by atoms with van der Waals surface area (Å²) in [6.07, 6.45) is -2.57. The molecule has 110 valence electrons. The number of nitriles is 1. The molecule has 0 unspecified atom stereocenters. The standard InChI is InChI=1S/C15H8F3N3Se/c16-15(17,18)11-6-4-10(5-7-11)13-14(22-9-19)21-8-2-1-3-12(21)20-13/h1-8H. The topological polar surface area (TPSA) is 41.1 Å². The van der Waals surface area contributed by atoms with E-state index in [4.69, 9.17) is 5.26 Å². The van der Waals surface area contributed by atoms with Gasteiger partial charge in [-0.3, -0.25) is 0 Å². The first kappa shape index (κ1) is 14.6. The minimum absolute atomic E-state index is 0.473. The van der Waals surface area contributed by atoms with Crippen LogP contribution in [0.15, 0.2) is 48.7 Å². The molecule has 0 saturated heterocycles. The Kier molecular flexibility index (Phi) is 3.65. The number of imidazole rings is 1. The van der Waals surface area contributed by atoms with E-state index in [2.05, 4.69) is 9.95 Å². The van der Waals surface area contributed by atoms with Crippen LogP contribution in [0.5, 0.6) is 0 Å². The summed E-state index contributed by atoms with van der Waals surface area (Å²) in [5.74, 6) is 0. The van der Waals surface area contributed by atoms with Crippen LogP contribution in [0.2, 0.25) is 0 Å². The Labute approximate surface area is 130 Å². The van der Waals surface area contributed by atoms with Crippen molar-refractivity contribution in [1.82, 2.24) is 9.38 Å². The third-order valence-electron chi connectivity index (χ3n) is 3.11. The van der Waals surface area contributed by atoms with Crippen LogP contribution in [-0.4, -0.2) is 24.3 Å². The van der Waals surface area contributed by atoms with E-state index in [9.17, 15) is 13.2 Å². The molecule has 3 aromatic rings. The maximum absolute atomic E-state index is 12.6. The molecular weight excluding hydrogens is 358 g/mol. The van der Waals surface area contributed by atoms with Gasteiger partial charge in [0.15, 0.2) is 0 Å². The van der Waals surface area contributed by atoms with E-state index in [1.807, 2.05) is 12.1 Å². The minimum atomic E-state index is -4.36. The Morgan fingerprint density at radius 2 is 1.82 bits per heavy atom. The molecular formula is C15H8F3N3Se. The van der Waals surface area contributed by atoms with E-state index in [0.29, 0.717) is 16.9 Å². The van der Waals surface area contributed by atoms with Gasteiger partial charge in [-0.05, 0) is 0 Å². The second kappa shape index (κ2) is 5.48. The van der Waals surface area contributed by atoms with Gasteiger partial charge in [0.1, 0.15) is 0 Å². The molecule has 3 nitrogen and oxygen atoms in total. The van der Waals surface area contributed by atoms with Crippen LogP contribution in [0.3, 0.4) is 0 Å². The molecule has 0 bridgehead atoms. The van der Waals surface area contributed by atoms with Crippen LogP contribution in [0, 0.1) is 10.2 Å². The number of hydrogen-bond acceptors (Lipinski definition) is 2. The molecule has 0 saturated carbocycles. The van der Waals surface area contributed by atoms with Crippen LogP contribution in [0.1, 0.15) is 5.56 Å². The summed E-state index contributed by atoms with van der Waals surface area (Å²) in [6.45, 7) is 0. The molecule has 0 amide bonds. The van der Waals surface area contributed by atoms with Gasteiger partial charge in [0.05, 0.1) is 0 Å². The van der Waals surface area contributed by atoms with Gasteiger partial charge in [0.25, 0.3) is 0 Å². The van der Waals surface area contributed by atoms with Crippen molar-refractivity contribution in [3.05, 3.63) is 54.2 Å². The molecule has 2 heterocycles. The van der Waals surface area contributed by atoms with Gasteiger partial charge in [-0.15, -0.1) is 0 Å². The summed E-state index contributed by atoms with van der Waals surface area (Å²) in [7, 11) is 0. The first-order valence-corrected chi connectivity index (χ1v) is 7.92. The van der Waals surface area contributed by atoms with E-state index in [-0.39, 0.29) is 0 Å². The van der Waals surface area contributed by atoms with Gasteiger partial charge in [-0.2, -0.15) is 0 Å². The number of alkyl halides is 3. The molecule has 3 rings (SSSR count). The fraction of sp³-hybridized carbons (Fsp3) is 0.0667. The van der Waals surface area contributed by atoms with Gasteiger partial charge in [0, 0.05) is 0 Å². The molecule has 0 aliphatic rings. The van der Waals surface area contributed by atoms with Gasteiger partial charge >= 0.3 is 130 Å². The van der Waals surface area contributed by atoms with Crippen molar-refractivity contribution in [3.63, 3.8) is 0 Å². The zero-order valence-corrected chi connectivity index (χ0v) is 12.7. The first-order valence-electron chi connectivity index (χ1n) is 6.21. The van der Waals surface area contributed by atoms with E-state index in [1.54, 1.807) is 16.7 Å². The number of rotatable bonds is 2. The van der Waals surface area contributed by atoms with E-state index in [1.165, 1.54) is 12.1 Å². The van der Waals surface area contributed by atoms with E-state index >= 15 is 0 Å². The molecule has 7 heteroatoms. The second-order valence-electron chi connectivity index (χ2n) is 4.46. The second-order valence-corrected chi connectivity index (χ2v) is 6.09. The van der Waals surface area contributed by atoms with Gasteiger partial charge < -0.3 is 0 Å². The Morgan fingerprint density at radius 1 is 1.09 bits per heavy atom. The molecule has 0 atom stereocenters. The Bertz CT molecular complexity index is 860. The fourth-order valence-corrected chi connectivity index (χ4v) is 3.38. The molecule has 1 aromatic carbocycles. The molecule has 0 aliphatic heterocycles. The number of pyridine rings is 1. The molecule has 2 aromatic heterocycles. The van der Waals surface area contributed by atoms with Crippen LogP contribution in [0.25, 0.3) is 16.9 Å². The van der Waals surface area contributed by atoms with Crippen molar-refractivity contribution >= 4 is 25.2 Å². The monoisotopic (exact) mass is 367 g/mol. The predicted octanol–water partition coefficient (Wildman–Crippen LogP) is 2.83. The molecule has 0 fully saturated rings. The zero-order valence-electron chi connectivity index (χ0n) is 11.0. The van der Waals surface area contributed by atoms with Crippen LogP contribution < -0.4 is 4.59 Å². The van der Waals surface area contributed by atoms with Gasteiger partial charge in [-0.25, -0.2) is 0 Å². The summed E-state index contributed by atoms with van der Waals surface area (Å²) in [5.41, 5.74) is 1.10. The quantitative estimate of drug-likeness (QED) is 0.655. The van der Waals surface area contributed by atoms with Crippen LogP contribution in [-0.2, 0) is 6.18 Å². The summed E-state index contributed by atoms with van der Waals surface area (Å²) in [4.78, 5) is 6.57. The van der Waals surface area contributed by atoms with Crippen molar-refractivity contribution in [2.75, 3.05) is 0 Å². The number of halogens is 3. The van der Waals surface area contributed by atoms with Gasteiger partial charge in [-0.1, -0.05) is 0 Å². The molecule has 22 heavy (non-hydrogen) atoms. The van der Waals surface area contributed by atoms with Crippen molar-refractivity contribution < 1.29 is 13.2 Å². The van der Waals surface area contributed by atoms with E-state index < -0.39 is 26.7 Å². The number of benzene rings is 1. The third kappa shape index (κ3) is 2.59. The average molecular weight is 366 g/mol. The normalized spacial score (nSPS) is 11.5.